The Morgan fingerprint density at radius 2 is 2.21 bits per heavy atom. The number of piperazine rings is 1. The molecule has 0 bridgehead atoms. The van der Waals surface area contributed by atoms with Gasteiger partial charge in [0.2, 0.25) is 0 Å². The molecule has 0 saturated carbocycles. The lowest BCUT2D eigenvalue weighted by Crippen LogP contribution is -2.53. The highest BCUT2D eigenvalue weighted by atomic mass is 16.5. The molecule has 1 aliphatic rings. The number of nitrogens with one attached hydrogen (secondary N) is 1. The summed E-state index contributed by atoms with van der Waals surface area (Å²) in [7, 11) is 0. The van der Waals surface area contributed by atoms with E-state index in [-0.39, 0.29) is 5.60 Å². The molecule has 0 aliphatic carbocycles. The van der Waals surface area contributed by atoms with E-state index in [0.29, 0.717) is 6.04 Å². The minimum atomic E-state index is -0.00812. The first kappa shape index (κ1) is 12.0. The van der Waals surface area contributed by atoms with Gasteiger partial charge in [-0.2, -0.15) is 0 Å². The lowest BCUT2D eigenvalue weighted by molar-refractivity contribution is -0.0378. The number of hydrogen-bond acceptors (Lipinski definition) is 3. The first-order valence-corrected chi connectivity index (χ1v) is 5.63. The average molecular weight is 200 g/mol. The maximum atomic E-state index is 5.71. The smallest absolute Gasteiger partial charge is 0.0752 e. The van der Waals surface area contributed by atoms with Crippen molar-refractivity contribution in [2.75, 3.05) is 32.8 Å². The van der Waals surface area contributed by atoms with Crippen LogP contribution < -0.4 is 5.32 Å². The maximum Gasteiger partial charge on any atom is 0.0752 e. The Bertz CT molecular complexity index is 171. The van der Waals surface area contributed by atoms with Crippen molar-refractivity contribution in [1.82, 2.24) is 10.2 Å². The zero-order chi connectivity index (χ0) is 10.6. The normalized spacial score (nSPS) is 25.3. The minimum Gasteiger partial charge on any atom is -0.375 e. The molecule has 1 saturated heterocycles. The predicted octanol–water partition coefficient (Wildman–Crippen LogP) is 1.10. The van der Waals surface area contributed by atoms with Gasteiger partial charge in [0.05, 0.1) is 5.60 Å². The quantitative estimate of drug-likeness (QED) is 0.735. The van der Waals surface area contributed by atoms with E-state index in [1.165, 1.54) is 0 Å². The molecule has 3 heteroatoms. The Kier molecular flexibility index (Phi) is 4.35. The van der Waals surface area contributed by atoms with Crippen LogP contribution in [0.3, 0.4) is 0 Å². The Balaban J connectivity index is 2.34. The molecule has 14 heavy (non-hydrogen) atoms. The summed E-state index contributed by atoms with van der Waals surface area (Å²) < 4.78 is 5.71. The van der Waals surface area contributed by atoms with Gasteiger partial charge in [-0.25, -0.2) is 0 Å². The van der Waals surface area contributed by atoms with Crippen LogP contribution in [0, 0.1) is 0 Å². The lowest BCUT2D eigenvalue weighted by atomic mass is 10.1. The van der Waals surface area contributed by atoms with E-state index < -0.39 is 0 Å². The van der Waals surface area contributed by atoms with Crippen LogP contribution in [0.5, 0.6) is 0 Å². The highest BCUT2D eigenvalue weighted by Crippen LogP contribution is 2.12. The molecule has 84 valence electrons. The first-order valence-electron chi connectivity index (χ1n) is 5.63. The van der Waals surface area contributed by atoms with Gasteiger partial charge in [-0.1, -0.05) is 0 Å². The molecule has 1 atom stereocenters. The molecular formula is C11H24N2O. The summed E-state index contributed by atoms with van der Waals surface area (Å²) in [6.45, 7) is 13.8. The van der Waals surface area contributed by atoms with Gasteiger partial charge in [0, 0.05) is 38.8 Å². The van der Waals surface area contributed by atoms with Crippen LogP contribution in [0.4, 0.5) is 0 Å². The number of rotatable bonds is 4. The Morgan fingerprint density at radius 3 is 2.79 bits per heavy atom. The summed E-state index contributed by atoms with van der Waals surface area (Å²) in [5, 5.41) is 3.45. The lowest BCUT2D eigenvalue weighted by Gasteiger charge is -2.37. The third-order valence-electron chi connectivity index (χ3n) is 2.59. The van der Waals surface area contributed by atoms with Gasteiger partial charge in [-0.15, -0.1) is 0 Å². The van der Waals surface area contributed by atoms with Gasteiger partial charge in [-0.05, 0) is 27.7 Å². The summed E-state index contributed by atoms with van der Waals surface area (Å²) in [6.07, 6.45) is 0. The van der Waals surface area contributed by atoms with Crippen LogP contribution in [0.15, 0.2) is 0 Å². The SMILES string of the molecule is CCOC(C)(C)CN1CCNC(C)C1. The molecular weight excluding hydrogens is 176 g/mol. The van der Waals surface area contributed by atoms with Crippen LogP contribution in [-0.2, 0) is 4.74 Å². The van der Waals surface area contributed by atoms with Crippen LogP contribution in [0.2, 0.25) is 0 Å². The highest BCUT2D eigenvalue weighted by molar-refractivity contribution is 4.81. The van der Waals surface area contributed by atoms with Crippen LogP contribution in [0.25, 0.3) is 0 Å². The molecule has 0 aromatic heterocycles. The molecule has 0 aromatic rings. The Morgan fingerprint density at radius 1 is 1.50 bits per heavy atom. The van der Waals surface area contributed by atoms with E-state index >= 15 is 0 Å². The molecule has 1 aliphatic heterocycles. The summed E-state index contributed by atoms with van der Waals surface area (Å²) in [5.41, 5.74) is -0.00812. The molecule has 0 aromatic carbocycles. The largest absolute Gasteiger partial charge is 0.375 e. The molecule has 1 heterocycles. The Labute approximate surface area is 87.8 Å². The number of ether oxygens (including phenoxy) is 1. The fourth-order valence-corrected chi connectivity index (χ4v) is 2.13. The molecule has 1 N–H and O–H groups in total. The second kappa shape index (κ2) is 5.10. The molecule has 0 radical (unpaired) electrons. The Hall–Kier alpha value is -0.120. The van der Waals surface area contributed by atoms with E-state index in [2.05, 4.69) is 37.9 Å². The van der Waals surface area contributed by atoms with Crippen molar-refractivity contribution in [1.29, 1.82) is 0 Å². The predicted molar refractivity (Wildman–Crippen MR) is 59.6 cm³/mol. The zero-order valence-electron chi connectivity index (χ0n) is 9.97. The van der Waals surface area contributed by atoms with Crippen molar-refractivity contribution < 1.29 is 4.74 Å². The fourth-order valence-electron chi connectivity index (χ4n) is 2.13. The molecule has 0 spiro atoms. The second-order valence-electron chi connectivity index (χ2n) is 4.78. The van der Waals surface area contributed by atoms with Crippen molar-refractivity contribution in [3.8, 4) is 0 Å². The van der Waals surface area contributed by atoms with Crippen molar-refractivity contribution >= 4 is 0 Å². The minimum absolute atomic E-state index is 0.00812. The van der Waals surface area contributed by atoms with E-state index in [1.807, 2.05) is 0 Å². The van der Waals surface area contributed by atoms with E-state index in [9.17, 15) is 0 Å². The summed E-state index contributed by atoms with van der Waals surface area (Å²) >= 11 is 0. The van der Waals surface area contributed by atoms with Crippen molar-refractivity contribution in [2.24, 2.45) is 0 Å². The third-order valence-corrected chi connectivity index (χ3v) is 2.59. The number of nitrogens with zero attached hydrogens (tertiary/aromatic N) is 1. The van der Waals surface area contributed by atoms with Gasteiger partial charge in [-0.3, -0.25) is 4.90 Å². The topological polar surface area (TPSA) is 24.5 Å². The molecule has 1 rings (SSSR count). The number of hydrogen-bond donors (Lipinski definition) is 1. The first-order chi connectivity index (χ1) is 6.53. The van der Waals surface area contributed by atoms with Gasteiger partial charge in [0.25, 0.3) is 0 Å². The van der Waals surface area contributed by atoms with Gasteiger partial charge >= 0.3 is 0 Å². The van der Waals surface area contributed by atoms with Crippen LogP contribution >= 0.6 is 0 Å². The second-order valence-corrected chi connectivity index (χ2v) is 4.78. The maximum absolute atomic E-state index is 5.71. The highest BCUT2D eigenvalue weighted by Gasteiger charge is 2.24. The van der Waals surface area contributed by atoms with Crippen LogP contribution in [0.1, 0.15) is 27.7 Å². The van der Waals surface area contributed by atoms with Crippen LogP contribution in [-0.4, -0.2) is 49.3 Å². The molecule has 3 nitrogen and oxygen atoms in total. The zero-order valence-corrected chi connectivity index (χ0v) is 9.97. The van der Waals surface area contributed by atoms with Crippen molar-refractivity contribution in [2.45, 2.75) is 39.3 Å². The van der Waals surface area contributed by atoms with E-state index in [1.54, 1.807) is 0 Å². The summed E-state index contributed by atoms with van der Waals surface area (Å²) in [6, 6.07) is 0.612. The van der Waals surface area contributed by atoms with E-state index in [4.69, 9.17) is 4.74 Å². The molecule has 0 amide bonds. The average Bonchev–Trinajstić information content (AvgIpc) is 2.02. The van der Waals surface area contributed by atoms with Gasteiger partial charge < -0.3 is 10.1 Å². The summed E-state index contributed by atoms with van der Waals surface area (Å²) in [5.74, 6) is 0. The summed E-state index contributed by atoms with van der Waals surface area (Å²) in [4.78, 5) is 2.48. The van der Waals surface area contributed by atoms with E-state index in [0.717, 1.165) is 32.8 Å². The van der Waals surface area contributed by atoms with Gasteiger partial charge in [0.15, 0.2) is 0 Å². The standard InChI is InChI=1S/C11H24N2O/c1-5-14-11(3,4)9-13-7-6-12-10(2)8-13/h10,12H,5-9H2,1-4H3. The monoisotopic (exact) mass is 200 g/mol. The van der Waals surface area contributed by atoms with Crippen molar-refractivity contribution in [3.05, 3.63) is 0 Å². The molecule has 1 fully saturated rings. The van der Waals surface area contributed by atoms with Crippen molar-refractivity contribution in [3.63, 3.8) is 0 Å². The fraction of sp³-hybridized carbons (Fsp3) is 1.00. The molecule has 1 unspecified atom stereocenters. The van der Waals surface area contributed by atoms with Gasteiger partial charge in [0.1, 0.15) is 0 Å². The third kappa shape index (κ3) is 3.95.